The number of hydrogen-bond donors (Lipinski definition) is 0. The number of fused-ring (bicyclic) bond motifs is 1. The number of hydrogen-bond acceptors (Lipinski definition) is 2. The molecular formula is C15H8Cl3F3N2O. The summed E-state index contributed by atoms with van der Waals surface area (Å²) >= 11 is 18.5. The molecule has 2 aromatic heterocycles. The van der Waals surface area contributed by atoms with Crippen LogP contribution in [0.1, 0.15) is 5.56 Å². The molecule has 0 radical (unpaired) electrons. The molecule has 0 aliphatic rings. The SMILES string of the molecule is COc1cccc2c1c(Cl)c(Cl)n2-c1ncc(C(F)(F)F)cc1Cl. The van der Waals surface area contributed by atoms with Gasteiger partial charge in [-0.2, -0.15) is 13.2 Å². The van der Waals surface area contributed by atoms with Gasteiger partial charge in [0, 0.05) is 6.20 Å². The fourth-order valence-corrected chi connectivity index (χ4v) is 3.15. The third-order valence-corrected chi connectivity index (χ3v) is 4.52. The van der Waals surface area contributed by atoms with Crippen LogP contribution in [0.25, 0.3) is 16.7 Å². The van der Waals surface area contributed by atoms with E-state index >= 15 is 0 Å². The van der Waals surface area contributed by atoms with Crippen molar-refractivity contribution in [3.8, 4) is 11.6 Å². The zero-order chi connectivity index (χ0) is 17.6. The molecule has 0 amide bonds. The third-order valence-electron chi connectivity index (χ3n) is 3.42. The normalized spacial score (nSPS) is 12.0. The second-order valence-corrected chi connectivity index (χ2v) is 5.96. The van der Waals surface area contributed by atoms with Gasteiger partial charge in [-0.1, -0.05) is 40.9 Å². The van der Waals surface area contributed by atoms with E-state index in [0.717, 1.165) is 6.07 Å². The van der Waals surface area contributed by atoms with Gasteiger partial charge < -0.3 is 4.74 Å². The summed E-state index contributed by atoms with van der Waals surface area (Å²) in [7, 11) is 1.47. The Bertz CT molecular complexity index is 938. The summed E-state index contributed by atoms with van der Waals surface area (Å²) in [4.78, 5) is 3.82. The lowest BCUT2D eigenvalue weighted by molar-refractivity contribution is -0.137. The van der Waals surface area contributed by atoms with Crippen LogP contribution in [0.4, 0.5) is 13.2 Å². The molecule has 24 heavy (non-hydrogen) atoms. The van der Waals surface area contributed by atoms with Crippen molar-refractivity contribution >= 4 is 45.7 Å². The molecule has 0 saturated carbocycles. The first kappa shape index (κ1) is 17.2. The maximum atomic E-state index is 12.8. The van der Waals surface area contributed by atoms with Crippen LogP contribution in [0, 0.1) is 0 Å². The summed E-state index contributed by atoms with van der Waals surface area (Å²) in [5, 5.41) is 0.583. The van der Waals surface area contributed by atoms with Gasteiger partial charge in [-0.05, 0) is 18.2 Å². The molecule has 2 heterocycles. The van der Waals surface area contributed by atoms with Crippen molar-refractivity contribution in [2.24, 2.45) is 0 Å². The number of alkyl halides is 3. The van der Waals surface area contributed by atoms with Crippen LogP contribution < -0.4 is 4.74 Å². The summed E-state index contributed by atoms with van der Waals surface area (Å²) in [6.07, 6.45) is -3.85. The van der Waals surface area contributed by atoms with Crippen LogP contribution in [-0.2, 0) is 6.18 Å². The van der Waals surface area contributed by atoms with Crippen LogP contribution in [0.15, 0.2) is 30.5 Å². The molecular weight excluding hydrogens is 388 g/mol. The summed E-state index contributed by atoms with van der Waals surface area (Å²) in [6.45, 7) is 0. The minimum atomic E-state index is -4.54. The van der Waals surface area contributed by atoms with Gasteiger partial charge >= 0.3 is 6.18 Å². The van der Waals surface area contributed by atoms with E-state index in [1.54, 1.807) is 18.2 Å². The summed E-state index contributed by atoms with van der Waals surface area (Å²) in [6, 6.07) is 5.87. The minimum absolute atomic E-state index is 0.0415. The number of aromatic nitrogens is 2. The Labute approximate surface area is 149 Å². The summed E-state index contributed by atoms with van der Waals surface area (Å²) in [5.74, 6) is 0.515. The van der Waals surface area contributed by atoms with Crippen molar-refractivity contribution < 1.29 is 17.9 Å². The van der Waals surface area contributed by atoms with Gasteiger partial charge in [-0.3, -0.25) is 4.57 Å². The molecule has 3 aromatic rings. The maximum absolute atomic E-state index is 12.8. The Balaban J connectivity index is 2.30. The van der Waals surface area contributed by atoms with Crippen molar-refractivity contribution in [2.45, 2.75) is 6.18 Å². The first-order valence-corrected chi connectivity index (χ1v) is 7.64. The lowest BCUT2D eigenvalue weighted by Crippen LogP contribution is -2.07. The highest BCUT2D eigenvalue weighted by Crippen LogP contribution is 2.42. The standard InChI is InChI=1S/C15H8Cl3F3N2O/c1-24-10-4-2-3-9-11(10)12(17)13(18)23(9)14-8(16)5-7(6-22-14)15(19,20)21/h2-6H,1H3. The second-order valence-electron chi connectivity index (χ2n) is 4.82. The summed E-state index contributed by atoms with van der Waals surface area (Å²) < 4.78 is 44.9. The number of rotatable bonds is 2. The first-order valence-electron chi connectivity index (χ1n) is 6.51. The Kier molecular flexibility index (Phi) is 4.32. The predicted molar refractivity (Wildman–Crippen MR) is 87.7 cm³/mol. The predicted octanol–water partition coefficient (Wildman–Crippen LogP) is 6.01. The maximum Gasteiger partial charge on any atom is 0.417 e. The average molecular weight is 396 g/mol. The number of pyridine rings is 1. The highest BCUT2D eigenvalue weighted by molar-refractivity contribution is 6.46. The van der Waals surface area contributed by atoms with E-state index in [0.29, 0.717) is 22.8 Å². The fourth-order valence-electron chi connectivity index (χ4n) is 2.36. The molecule has 0 aliphatic heterocycles. The molecule has 0 atom stereocenters. The molecule has 0 N–H and O–H groups in total. The van der Waals surface area contributed by atoms with E-state index in [4.69, 9.17) is 39.5 Å². The minimum Gasteiger partial charge on any atom is -0.496 e. The van der Waals surface area contributed by atoms with E-state index < -0.39 is 11.7 Å². The molecule has 1 aromatic carbocycles. The van der Waals surface area contributed by atoms with E-state index in [9.17, 15) is 13.2 Å². The molecule has 0 fully saturated rings. The Morgan fingerprint density at radius 3 is 2.46 bits per heavy atom. The average Bonchev–Trinajstić information content (AvgIpc) is 2.78. The Morgan fingerprint density at radius 2 is 1.88 bits per heavy atom. The van der Waals surface area contributed by atoms with Crippen molar-refractivity contribution in [1.82, 2.24) is 9.55 Å². The lowest BCUT2D eigenvalue weighted by Gasteiger charge is -2.11. The van der Waals surface area contributed by atoms with Gasteiger partial charge in [0.15, 0.2) is 5.82 Å². The van der Waals surface area contributed by atoms with Crippen LogP contribution in [0.2, 0.25) is 15.2 Å². The van der Waals surface area contributed by atoms with Crippen LogP contribution in [0.3, 0.4) is 0 Å². The van der Waals surface area contributed by atoms with Crippen molar-refractivity contribution in [3.63, 3.8) is 0 Å². The van der Waals surface area contributed by atoms with E-state index in [2.05, 4.69) is 4.98 Å². The molecule has 0 saturated heterocycles. The van der Waals surface area contributed by atoms with Crippen LogP contribution in [-0.4, -0.2) is 16.7 Å². The first-order chi connectivity index (χ1) is 11.3. The molecule has 0 aliphatic carbocycles. The smallest absolute Gasteiger partial charge is 0.417 e. The van der Waals surface area contributed by atoms with E-state index in [1.807, 2.05) is 0 Å². The number of methoxy groups -OCH3 is 1. The van der Waals surface area contributed by atoms with Crippen LogP contribution >= 0.6 is 34.8 Å². The van der Waals surface area contributed by atoms with Gasteiger partial charge in [0.25, 0.3) is 0 Å². The van der Waals surface area contributed by atoms with Crippen molar-refractivity contribution in [1.29, 1.82) is 0 Å². The highest BCUT2D eigenvalue weighted by Gasteiger charge is 2.32. The number of ether oxygens (including phenoxy) is 1. The number of nitrogens with zero attached hydrogens (tertiary/aromatic N) is 2. The molecule has 0 bridgehead atoms. The van der Waals surface area contributed by atoms with Gasteiger partial charge in [-0.15, -0.1) is 0 Å². The van der Waals surface area contributed by atoms with Crippen molar-refractivity contribution in [2.75, 3.05) is 7.11 Å². The monoisotopic (exact) mass is 394 g/mol. The molecule has 3 rings (SSSR count). The molecule has 126 valence electrons. The lowest BCUT2D eigenvalue weighted by atomic mass is 10.2. The van der Waals surface area contributed by atoms with E-state index in [1.165, 1.54) is 11.7 Å². The number of halogens is 6. The van der Waals surface area contributed by atoms with Gasteiger partial charge in [0.05, 0.1) is 33.6 Å². The van der Waals surface area contributed by atoms with Crippen LogP contribution in [0.5, 0.6) is 5.75 Å². The topological polar surface area (TPSA) is 27.1 Å². The third kappa shape index (κ3) is 2.68. The molecule has 3 nitrogen and oxygen atoms in total. The van der Waals surface area contributed by atoms with Crippen molar-refractivity contribution in [3.05, 3.63) is 51.2 Å². The Morgan fingerprint density at radius 1 is 1.17 bits per heavy atom. The quantitative estimate of drug-likeness (QED) is 0.531. The second kappa shape index (κ2) is 6.02. The van der Waals surface area contributed by atoms with Gasteiger partial charge in [0.2, 0.25) is 0 Å². The molecule has 0 unspecified atom stereocenters. The zero-order valence-electron chi connectivity index (χ0n) is 12.0. The largest absolute Gasteiger partial charge is 0.496 e. The number of benzene rings is 1. The van der Waals surface area contributed by atoms with Gasteiger partial charge in [0.1, 0.15) is 10.9 Å². The highest BCUT2D eigenvalue weighted by atomic mass is 35.5. The molecule has 9 heteroatoms. The molecule has 0 spiro atoms. The van der Waals surface area contributed by atoms with E-state index in [-0.39, 0.29) is 21.0 Å². The summed E-state index contributed by atoms with van der Waals surface area (Å²) in [5.41, 5.74) is -0.439. The zero-order valence-corrected chi connectivity index (χ0v) is 14.2. The Hall–Kier alpha value is -1.63. The fraction of sp³-hybridized carbons (Fsp3) is 0.133. The van der Waals surface area contributed by atoms with Gasteiger partial charge in [-0.25, -0.2) is 4.98 Å².